The Balaban J connectivity index is 2.23. The SMILES string of the molecule is Cc1cc(/C=C/C(=O)c2ccc(O)cc2O)n(C)n1. The molecular formula is C14H14N2O3. The van der Waals surface area contributed by atoms with Crippen molar-refractivity contribution >= 4 is 11.9 Å². The van der Waals surface area contributed by atoms with E-state index in [1.807, 2.05) is 13.0 Å². The molecule has 0 aliphatic carbocycles. The lowest BCUT2D eigenvalue weighted by molar-refractivity contribution is 0.104. The Bertz CT molecular complexity index is 657. The van der Waals surface area contributed by atoms with Gasteiger partial charge in [0.05, 0.1) is 17.0 Å². The molecule has 19 heavy (non-hydrogen) atoms. The molecule has 98 valence electrons. The molecule has 0 bridgehead atoms. The number of phenolic OH excluding ortho intramolecular Hbond substituents is 2. The summed E-state index contributed by atoms with van der Waals surface area (Å²) in [6.45, 7) is 1.87. The van der Waals surface area contributed by atoms with E-state index in [4.69, 9.17) is 5.11 Å². The zero-order valence-electron chi connectivity index (χ0n) is 10.7. The molecular weight excluding hydrogens is 244 g/mol. The maximum atomic E-state index is 11.9. The molecule has 2 aromatic rings. The van der Waals surface area contributed by atoms with Crippen LogP contribution in [0.4, 0.5) is 0 Å². The third kappa shape index (κ3) is 2.82. The second kappa shape index (κ2) is 4.97. The number of hydrogen-bond donors (Lipinski definition) is 2. The number of aromatic hydroxyl groups is 2. The van der Waals surface area contributed by atoms with Gasteiger partial charge in [0.25, 0.3) is 0 Å². The predicted molar refractivity (Wildman–Crippen MR) is 71.1 cm³/mol. The molecule has 0 fully saturated rings. The Hall–Kier alpha value is -2.56. The number of rotatable bonds is 3. The normalized spacial score (nSPS) is 11.1. The van der Waals surface area contributed by atoms with Crippen LogP contribution in [-0.4, -0.2) is 25.8 Å². The Kier molecular flexibility index (Phi) is 3.37. The zero-order valence-corrected chi connectivity index (χ0v) is 10.7. The van der Waals surface area contributed by atoms with Crippen molar-refractivity contribution in [3.63, 3.8) is 0 Å². The third-order valence-corrected chi connectivity index (χ3v) is 2.69. The minimum Gasteiger partial charge on any atom is -0.508 e. The van der Waals surface area contributed by atoms with Gasteiger partial charge in [-0.05, 0) is 37.3 Å². The molecule has 1 aromatic carbocycles. The molecule has 5 nitrogen and oxygen atoms in total. The van der Waals surface area contributed by atoms with Gasteiger partial charge >= 0.3 is 0 Å². The smallest absolute Gasteiger partial charge is 0.189 e. The van der Waals surface area contributed by atoms with E-state index >= 15 is 0 Å². The first-order valence-electron chi connectivity index (χ1n) is 5.72. The molecule has 0 unspecified atom stereocenters. The van der Waals surface area contributed by atoms with Crippen molar-refractivity contribution in [2.24, 2.45) is 7.05 Å². The van der Waals surface area contributed by atoms with Crippen molar-refractivity contribution in [1.29, 1.82) is 0 Å². The van der Waals surface area contributed by atoms with Crippen LogP contribution in [0.15, 0.2) is 30.3 Å². The minimum absolute atomic E-state index is 0.0831. The number of aryl methyl sites for hydroxylation is 2. The van der Waals surface area contributed by atoms with Gasteiger partial charge in [-0.3, -0.25) is 9.48 Å². The summed E-state index contributed by atoms with van der Waals surface area (Å²) in [4.78, 5) is 11.9. The lowest BCUT2D eigenvalue weighted by Crippen LogP contribution is -1.96. The monoisotopic (exact) mass is 258 g/mol. The zero-order chi connectivity index (χ0) is 14.0. The van der Waals surface area contributed by atoms with Crippen LogP contribution in [0.5, 0.6) is 11.5 Å². The van der Waals surface area contributed by atoms with Gasteiger partial charge < -0.3 is 10.2 Å². The van der Waals surface area contributed by atoms with E-state index in [0.717, 1.165) is 17.5 Å². The Labute approximate surface area is 110 Å². The highest BCUT2D eigenvalue weighted by atomic mass is 16.3. The van der Waals surface area contributed by atoms with Gasteiger partial charge in [0, 0.05) is 13.1 Å². The number of aromatic nitrogens is 2. The van der Waals surface area contributed by atoms with Crippen LogP contribution in [0.1, 0.15) is 21.7 Å². The van der Waals surface area contributed by atoms with Crippen molar-refractivity contribution in [3.8, 4) is 11.5 Å². The highest BCUT2D eigenvalue weighted by molar-refractivity contribution is 6.08. The highest BCUT2D eigenvalue weighted by Gasteiger charge is 2.09. The summed E-state index contributed by atoms with van der Waals surface area (Å²) in [5.74, 6) is -0.660. The lowest BCUT2D eigenvalue weighted by Gasteiger charge is -2.00. The fraction of sp³-hybridized carbons (Fsp3) is 0.143. The van der Waals surface area contributed by atoms with Crippen LogP contribution < -0.4 is 0 Å². The number of hydrogen-bond acceptors (Lipinski definition) is 4. The standard InChI is InChI=1S/C14H14N2O3/c1-9-7-10(16(2)15-9)3-6-13(18)12-5-4-11(17)8-14(12)19/h3-8,17,19H,1-2H3/b6-3+. The summed E-state index contributed by atoms with van der Waals surface area (Å²) in [6, 6.07) is 5.72. The summed E-state index contributed by atoms with van der Waals surface area (Å²) in [5.41, 5.74) is 1.80. The molecule has 0 saturated heterocycles. The number of carbonyl (C=O) groups excluding carboxylic acids is 1. The fourth-order valence-electron chi connectivity index (χ4n) is 1.77. The molecule has 0 radical (unpaired) electrons. The van der Waals surface area contributed by atoms with Gasteiger partial charge in [-0.25, -0.2) is 0 Å². The molecule has 0 aliphatic rings. The molecule has 0 spiro atoms. The molecule has 2 rings (SSSR count). The van der Waals surface area contributed by atoms with Crippen molar-refractivity contribution in [1.82, 2.24) is 9.78 Å². The van der Waals surface area contributed by atoms with E-state index in [9.17, 15) is 9.90 Å². The number of phenols is 2. The second-order valence-electron chi connectivity index (χ2n) is 4.23. The van der Waals surface area contributed by atoms with E-state index < -0.39 is 0 Å². The molecule has 0 aliphatic heterocycles. The van der Waals surface area contributed by atoms with Gasteiger partial charge in [0.1, 0.15) is 11.5 Å². The van der Waals surface area contributed by atoms with Crippen LogP contribution in [0.2, 0.25) is 0 Å². The number of allylic oxidation sites excluding steroid dienone is 1. The van der Waals surface area contributed by atoms with Gasteiger partial charge in [0.15, 0.2) is 5.78 Å². The van der Waals surface area contributed by atoms with Crippen LogP contribution in [0, 0.1) is 6.92 Å². The largest absolute Gasteiger partial charge is 0.508 e. The first-order valence-corrected chi connectivity index (χ1v) is 5.72. The van der Waals surface area contributed by atoms with Gasteiger partial charge in [0.2, 0.25) is 0 Å². The first-order chi connectivity index (χ1) is 8.97. The summed E-state index contributed by atoms with van der Waals surface area (Å²) in [6.07, 6.45) is 3.00. The maximum Gasteiger partial charge on any atom is 0.189 e. The average Bonchev–Trinajstić information content (AvgIpc) is 2.65. The molecule has 5 heteroatoms. The molecule has 2 N–H and O–H groups in total. The minimum atomic E-state index is -0.337. The van der Waals surface area contributed by atoms with Crippen molar-refractivity contribution in [2.45, 2.75) is 6.92 Å². The number of ketones is 1. The lowest BCUT2D eigenvalue weighted by atomic mass is 10.1. The Morgan fingerprint density at radius 3 is 2.63 bits per heavy atom. The third-order valence-electron chi connectivity index (χ3n) is 2.69. The Morgan fingerprint density at radius 1 is 1.32 bits per heavy atom. The molecule has 0 saturated carbocycles. The fourth-order valence-corrected chi connectivity index (χ4v) is 1.77. The molecule has 1 heterocycles. The summed E-state index contributed by atoms with van der Waals surface area (Å²) < 4.78 is 1.66. The van der Waals surface area contributed by atoms with Crippen LogP contribution >= 0.6 is 0 Å². The number of nitrogens with zero attached hydrogens (tertiary/aromatic N) is 2. The van der Waals surface area contributed by atoms with Crippen molar-refractivity contribution in [3.05, 3.63) is 47.3 Å². The van der Waals surface area contributed by atoms with Gasteiger partial charge in [-0.2, -0.15) is 5.10 Å². The van der Waals surface area contributed by atoms with E-state index in [2.05, 4.69) is 5.10 Å². The summed E-state index contributed by atoms with van der Waals surface area (Å²) in [7, 11) is 1.79. The Morgan fingerprint density at radius 2 is 2.05 bits per heavy atom. The van der Waals surface area contributed by atoms with E-state index in [1.54, 1.807) is 17.8 Å². The summed E-state index contributed by atoms with van der Waals surface area (Å²) >= 11 is 0. The van der Waals surface area contributed by atoms with Gasteiger partial charge in [-0.15, -0.1) is 0 Å². The predicted octanol–water partition coefficient (Wildman–Crippen LogP) is 2.04. The molecule has 0 amide bonds. The van der Waals surface area contributed by atoms with Crippen LogP contribution in [-0.2, 0) is 7.05 Å². The van der Waals surface area contributed by atoms with E-state index in [1.165, 1.54) is 18.2 Å². The first kappa shape index (κ1) is 12.9. The maximum absolute atomic E-state index is 11.9. The average molecular weight is 258 g/mol. The molecule has 1 aromatic heterocycles. The number of benzene rings is 1. The quantitative estimate of drug-likeness (QED) is 0.652. The molecule has 0 atom stereocenters. The topological polar surface area (TPSA) is 75.3 Å². The van der Waals surface area contributed by atoms with E-state index in [0.29, 0.717) is 0 Å². The second-order valence-corrected chi connectivity index (χ2v) is 4.23. The highest BCUT2D eigenvalue weighted by Crippen LogP contribution is 2.23. The van der Waals surface area contributed by atoms with Gasteiger partial charge in [-0.1, -0.05) is 0 Å². The van der Waals surface area contributed by atoms with Crippen LogP contribution in [0.25, 0.3) is 6.08 Å². The van der Waals surface area contributed by atoms with Crippen molar-refractivity contribution in [2.75, 3.05) is 0 Å². The van der Waals surface area contributed by atoms with Crippen LogP contribution in [0.3, 0.4) is 0 Å². The number of carbonyl (C=O) groups is 1. The van der Waals surface area contributed by atoms with Crippen molar-refractivity contribution < 1.29 is 15.0 Å². The summed E-state index contributed by atoms with van der Waals surface area (Å²) in [5, 5.41) is 22.9. The van der Waals surface area contributed by atoms with E-state index in [-0.39, 0.29) is 22.8 Å².